The predicted molar refractivity (Wildman–Crippen MR) is 118 cm³/mol. The second-order valence-electron chi connectivity index (χ2n) is 6.95. The van der Waals surface area contributed by atoms with Crippen molar-refractivity contribution in [2.45, 2.75) is 17.3 Å². The normalized spacial score (nSPS) is 11.4. The molecule has 170 valence electrons. The molecule has 0 radical (unpaired) electrons. The molecule has 4 aromatic rings. The van der Waals surface area contributed by atoms with Gasteiger partial charge in [0.15, 0.2) is 5.16 Å². The number of rotatable bonds is 7. The van der Waals surface area contributed by atoms with Crippen LogP contribution in [0.1, 0.15) is 5.56 Å². The Morgan fingerprint density at radius 1 is 0.879 bits per heavy atom. The largest absolute Gasteiger partial charge is 0.573 e. The van der Waals surface area contributed by atoms with Crippen molar-refractivity contribution in [3.8, 4) is 28.4 Å². The van der Waals surface area contributed by atoms with Crippen LogP contribution in [-0.2, 0) is 5.75 Å². The van der Waals surface area contributed by atoms with E-state index in [0.29, 0.717) is 22.3 Å². The Morgan fingerprint density at radius 2 is 1.52 bits per heavy atom. The maximum atomic E-state index is 13.2. The van der Waals surface area contributed by atoms with Gasteiger partial charge in [0, 0.05) is 17.0 Å². The molecule has 4 rings (SSSR count). The zero-order valence-corrected chi connectivity index (χ0v) is 18.2. The topological polar surface area (TPSA) is 36.3 Å². The summed E-state index contributed by atoms with van der Waals surface area (Å²) in [5, 5.41) is 0.634. The first-order chi connectivity index (χ1) is 15.8. The smallest absolute Gasteiger partial charge is 0.497 e. The van der Waals surface area contributed by atoms with Crippen molar-refractivity contribution in [2.75, 3.05) is 7.11 Å². The average Bonchev–Trinajstić information content (AvgIpc) is 3.22. The van der Waals surface area contributed by atoms with Gasteiger partial charge < -0.3 is 9.47 Å². The molecule has 33 heavy (non-hydrogen) atoms. The summed E-state index contributed by atoms with van der Waals surface area (Å²) in [5.74, 6) is 0.615. The number of methoxy groups -OCH3 is 1. The highest BCUT2D eigenvalue weighted by Crippen LogP contribution is 2.33. The summed E-state index contributed by atoms with van der Waals surface area (Å²) >= 11 is 1.43. The van der Waals surface area contributed by atoms with E-state index in [-0.39, 0.29) is 11.6 Å². The van der Waals surface area contributed by atoms with Gasteiger partial charge in [-0.3, -0.25) is 4.57 Å². The monoisotopic (exact) mass is 474 g/mol. The van der Waals surface area contributed by atoms with Gasteiger partial charge in [-0.2, -0.15) is 0 Å². The van der Waals surface area contributed by atoms with E-state index in [1.807, 2.05) is 28.8 Å². The molecule has 0 amide bonds. The zero-order chi connectivity index (χ0) is 23.4. The van der Waals surface area contributed by atoms with Gasteiger partial charge in [0.2, 0.25) is 0 Å². The van der Waals surface area contributed by atoms with Crippen molar-refractivity contribution in [3.63, 3.8) is 0 Å². The number of imidazole rings is 1. The number of halogens is 4. The van der Waals surface area contributed by atoms with Crippen LogP contribution in [-0.4, -0.2) is 23.0 Å². The molecule has 0 aliphatic carbocycles. The molecule has 4 nitrogen and oxygen atoms in total. The lowest BCUT2D eigenvalue weighted by Crippen LogP contribution is -2.17. The third-order valence-electron chi connectivity index (χ3n) is 4.72. The summed E-state index contributed by atoms with van der Waals surface area (Å²) in [6.07, 6.45) is -3.06. The minimum atomic E-state index is -4.76. The van der Waals surface area contributed by atoms with Crippen LogP contribution in [0.15, 0.2) is 84.1 Å². The van der Waals surface area contributed by atoms with Crippen LogP contribution in [0.5, 0.6) is 11.5 Å². The zero-order valence-electron chi connectivity index (χ0n) is 17.3. The molecular weight excluding hydrogens is 456 g/mol. The Kier molecular flexibility index (Phi) is 6.60. The van der Waals surface area contributed by atoms with E-state index >= 15 is 0 Å². The molecule has 0 saturated carbocycles. The van der Waals surface area contributed by atoms with Gasteiger partial charge in [-0.25, -0.2) is 9.37 Å². The van der Waals surface area contributed by atoms with E-state index < -0.39 is 6.36 Å². The highest BCUT2D eigenvalue weighted by molar-refractivity contribution is 7.98. The maximum Gasteiger partial charge on any atom is 0.573 e. The second kappa shape index (κ2) is 9.58. The molecule has 0 N–H and O–H groups in total. The first-order valence-electron chi connectivity index (χ1n) is 9.78. The number of thioether (sulfide) groups is 1. The third kappa shape index (κ3) is 5.67. The van der Waals surface area contributed by atoms with Crippen molar-refractivity contribution in [1.29, 1.82) is 0 Å². The van der Waals surface area contributed by atoms with Crippen LogP contribution < -0.4 is 9.47 Å². The van der Waals surface area contributed by atoms with E-state index in [1.54, 1.807) is 25.4 Å². The number of hydrogen-bond acceptors (Lipinski definition) is 4. The molecule has 0 bridgehead atoms. The molecule has 0 fully saturated rings. The van der Waals surface area contributed by atoms with Crippen LogP contribution in [0, 0.1) is 5.82 Å². The summed E-state index contributed by atoms with van der Waals surface area (Å²) in [6.45, 7) is 0. The quantitative estimate of drug-likeness (QED) is 0.216. The first kappa shape index (κ1) is 22.7. The fourth-order valence-corrected chi connectivity index (χ4v) is 4.13. The number of alkyl halides is 3. The second-order valence-corrected chi connectivity index (χ2v) is 7.89. The fraction of sp³-hybridized carbons (Fsp3) is 0.125. The summed E-state index contributed by atoms with van der Waals surface area (Å²) in [6, 6.07) is 19.2. The Balaban J connectivity index is 1.69. The summed E-state index contributed by atoms with van der Waals surface area (Å²) < 4.78 is 61.9. The van der Waals surface area contributed by atoms with Crippen LogP contribution in [0.25, 0.3) is 16.9 Å². The molecule has 3 aromatic carbocycles. The van der Waals surface area contributed by atoms with Gasteiger partial charge in [-0.1, -0.05) is 23.9 Å². The molecule has 0 aliphatic rings. The van der Waals surface area contributed by atoms with Gasteiger partial charge in [0.25, 0.3) is 0 Å². The molecule has 0 aliphatic heterocycles. The maximum absolute atomic E-state index is 13.2. The van der Waals surface area contributed by atoms with Crippen LogP contribution >= 0.6 is 11.8 Å². The number of ether oxygens (including phenoxy) is 2. The fourth-order valence-electron chi connectivity index (χ4n) is 3.18. The SMILES string of the molecule is COc1ccc(-c2cnc(SCc3ccc(F)cc3)n2-c2ccc(OC(F)(F)F)cc2)cc1. The number of benzene rings is 3. The molecular formula is C24H18F4N2O2S. The number of hydrogen-bond donors (Lipinski definition) is 0. The van der Waals surface area contributed by atoms with E-state index in [4.69, 9.17) is 4.74 Å². The van der Waals surface area contributed by atoms with E-state index in [1.165, 1.54) is 48.2 Å². The first-order valence-corrected chi connectivity index (χ1v) is 10.8. The Bertz CT molecular complexity index is 1210. The molecule has 0 saturated heterocycles. The van der Waals surface area contributed by atoms with Gasteiger partial charge >= 0.3 is 6.36 Å². The highest BCUT2D eigenvalue weighted by atomic mass is 32.2. The summed E-state index contributed by atoms with van der Waals surface area (Å²) in [7, 11) is 1.58. The van der Waals surface area contributed by atoms with Gasteiger partial charge in [0.05, 0.1) is 19.0 Å². The van der Waals surface area contributed by atoms with E-state index in [0.717, 1.165) is 16.8 Å². The standard InChI is InChI=1S/C24H18F4N2O2S/c1-31-20-10-4-17(5-11-20)22-14-29-23(33-15-16-2-6-18(25)7-3-16)30(22)19-8-12-21(13-9-19)32-24(26,27)28/h2-14H,15H2,1H3. The van der Waals surface area contributed by atoms with E-state index in [2.05, 4.69) is 9.72 Å². The molecule has 0 atom stereocenters. The average molecular weight is 474 g/mol. The lowest BCUT2D eigenvalue weighted by Gasteiger charge is -2.14. The van der Waals surface area contributed by atoms with Crippen molar-refractivity contribution in [2.24, 2.45) is 0 Å². The van der Waals surface area contributed by atoms with Gasteiger partial charge in [0.1, 0.15) is 17.3 Å². The van der Waals surface area contributed by atoms with Gasteiger partial charge in [-0.05, 0) is 66.2 Å². The Morgan fingerprint density at radius 3 is 2.12 bits per heavy atom. The lowest BCUT2D eigenvalue weighted by atomic mass is 10.1. The van der Waals surface area contributed by atoms with Crippen LogP contribution in [0.3, 0.4) is 0 Å². The van der Waals surface area contributed by atoms with E-state index in [9.17, 15) is 17.6 Å². The van der Waals surface area contributed by atoms with Crippen molar-refractivity contribution >= 4 is 11.8 Å². The highest BCUT2D eigenvalue weighted by Gasteiger charge is 2.31. The Labute approximate surface area is 191 Å². The molecule has 9 heteroatoms. The van der Waals surface area contributed by atoms with Crippen molar-refractivity contribution < 1.29 is 27.0 Å². The minimum Gasteiger partial charge on any atom is -0.497 e. The van der Waals surface area contributed by atoms with Crippen LogP contribution in [0.2, 0.25) is 0 Å². The Hall–Kier alpha value is -3.46. The number of aromatic nitrogens is 2. The summed E-state index contributed by atoms with van der Waals surface area (Å²) in [5.41, 5.74) is 3.14. The minimum absolute atomic E-state index is 0.308. The summed E-state index contributed by atoms with van der Waals surface area (Å²) in [4.78, 5) is 4.54. The predicted octanol–water partition coefficient (Wildman–Crippen LogP) is 6.88. The van der Waals surface area contributed by atoms with Crippen molar-refractivity contribution in [3.05, 3.63) is 90.4 Å². The molecule has 1 heterocycles. The molecule has 0 unspecified atom stereocenters. The molecule has 1 aromatic heterocycles. The lowest BCUT2D eigenvalue weighted by molar-refractivity contribution is -0.274. The third-order valence-corrected chi connectivity index (χ3v) is 5.75. The van der Waals surface area contributed by atoms with Crippen LogP contribution in [0.4, 0.5) is 17.6 Å². The molecule has 0 spiro atoms. The van der Waals surface area contributed by atoms with Gasteiger partial charge in [-0.15, -0.1) is 13.2 Å². The number of nitrogens with zero attached hydrogens (tertiary/aromatic N) is 2. The van der Waals surface area contributed by atoms with Crippen molar-refractivity contribution in [1.82, 2.24) is 9.55 Å².